The lowest BCUT2D eigenvalue weighted by Crippen LogP contribution is -2.28. The molecule has 0 spiro atoms. The maximum absolute atomic E-state index is 5.72. The Morgan fingerprint density at radius 1 is 1.33 bits per heavy atom. The number of hydrogen-bond acceptors (Lipinski definition) is 4. The maximum atomic E-state index is 5.72. The van der Waals surface area contributed by atoms with Crippen LogP contribution < -0.4 is 11.3 Å². The molecule has 1 atom stereocenters. The molecule has 0 bridgehead atoms. The van der Waals surface area contributed by atoms with E-state index in [1.807, 2.05) is 35.1 Å². The summed E-state index contributed by atoms with van der Waals surface area (Å²) in [6, 6.07) is 10.2. The van der Waals surface area contributed by atoms with Crippen molar-refractivity contribution in [2.45, 2.75) is 13.0 Å². The van der Waals surface area contributed by atoms with Crippen molar-refractivity contribution in [3.8, 4) is 0 Å². The maximum Gasteiger partial charge on any atom is 0.0839 e. The average molecular weight is 258 g/mol. The third kappa shape index (κ3) is 1.82. The standard InChI is InChI=1S/C13H14N4S/c1-9-5-6-12(18-9)13(16-14)10-8-15-17-7-3-2-4-11(10)17/h2-8,13,16H,14H2,1H3. The summed E-state index contributed by atoms with van der Waals surface area (Å²) in [6.45, 7) is 2.10. The highest BCUT2D eigenvalue weighted by Gasteiger charge is 2.18. The van der Waals surface area contributed by atoms with E-state index >= 15 is 0 Å². The van der Waals surface area contributed by atoms with Crippen LogP contribution in [0, 0.1) is 6.92 Å². The minimum atomic E-state index is -0.0106. The molecule has 5 heteroatoms. The predicted molar refractivity (Wildman–Crippen MR) is 73.4 cm³/mol. The highest BCUT2D eigenvalue weighted by atomic mass is 32.1. The number of pyridine rings is 1. The summed E-state index contributed by atoms with van der Waals surface area (Å²) in [7, 11) is 0. The molecule has 18 heavy (non-hydrogen) atoms. The van der Waals surface area contributed by atoms with Crippen LogP contribution in [0.4, 0.5) is 0 Å². The molecule has 3 N–H and O–H groups in total. The van der Waals surface area contributed by atoms with Crippen molar-refractivity contribution < 1.29 is 0 Å². The highest BCUT2D eigenvalue weighted by Crippen LogP contribution is 2.29. The molecule has 3 aromatic rings. The van der Waals surface area contributed by atoms with Crippen LogP contribution in [0.3, 0.4) is 0 Å². The second-order valence-corrected chi connectivity index (χ2v) is 5.50. The van der Waals surface area contributed by atoms with Crippen LogP contribution >= 0.6 is 11.3 Å². The SMILES string of the molecule is Cc1ccc(C(NN)c2cnn3ccccc23)s1. The van der Waals surface area contributed by atoms with E-state index in [1.165, 1.54) is 9.75 Å². The molecular formula is C13H14N4S. The van der Waals surface area contributed by atoms with E-state index < -0.39 is 0 Å². The van der Waals surface area contributed by atoms with Gasteiger partial charge >= 0.3 is 0 Å². The number of hydrogen-bond donors (Lipinski definition) is 2. The number of hydrazine groups is 1. The van der Waals surface area contributed by atoms with E-state index in [2.05, 4.69) is 29.6 Å². The van der Waals surface area contributed by atoms with Gasteiger partial charge in [-0.3, -0.25) is 5.84 Å². The fraction of sp³-hybridized carbons (Fsp3) is 0.154. The molecule has 0 aromatic carbocycles. The minimum Gasteiger partial charge on any atom is -0.271 e. The number of nitrogens with one attached hydrogen (secondary N) is 1. The van der Waals surface area contributed by atoms with E-state index in [0.717, 1.165) is 11.1 Å². The van der Waals surface area contributed by atoms with Crippen molar-refractivity contribution in [1.29, 1.82) is 0 Å². The van der Waals surface area contributed by atoms with Gasteiger partial charge in [-0.15, -0.1) is 11.3 Å². The molecule has 92 valence electrons. The van der Waals surface area contributed by atoms with Gasteiger partial charge in [0.2, 0.25) is 0 Å². The number of rotatable bonds is 3. The van der Waals surface area contributed by atoms with Gasteiger partial charge in [0, 0.05) is 21.5 Å². The van der Waals surface area contributed by atoms with E-state index in [-0.39, 0.29) is 6.04 Å². The molecule has 0 aliphatic carbocycles. The van der Waals surface area contributed by atoms with E-state index in [4.69, 9.17) is 5.84 Å². The van der Waals surface area contributed by atoms with Gasteiger partial charge in [-0.2, -0.15) is 5.10 Å². The van der Waals surface area contributed by atoms with Crippen molar-refractivity contribution in [3.05, 3.63) is 58.0 Å². The Morgan fingerprint density at radius 2 is 2.22 bits per heavy atom. The molecular weight excluding hydrogens is 244 g/mol. The number of thiophene rings is 1. The third-order valence-corrected chi connectivity index (χ3v) is 4.05. The smallest absolute Gasteiger partial charge is 0.0839 e. The molecule has 3 rings (SSSR count). The second kappa shape index (κ2) is 4.53. The lowest BCUT2D eigenvalue weighted by atomic mass is 10.1. The molecule has 0 aliphatic heterocycles. The Balaban J connectivity index is 2.11. The lowest BCUT2D eigenvalue weighted by molar-refractivity contribution is 0.650. The van der Waals surface area contributed by atoms with Gasteiger partial charge in [-0.1, -0.05) is 6.07 Å². The Kier molecular flexibility index (Phi) is 2.87. The fourth-order valence-electron chi connectivity index (χ4n) is 2.11. The Bertz CT molecular complexity index is 670. The van der Waals surface area contributed by atoms with Gasteiger partial charge in [-0.25, -0.2) is 9.94 Å². The van der Waals surface area contributed by atoms with Crippen molar-refractivity contribution in [3.63, 3.8) is 0 Å². The summed E-state index contributed by atoms with van der Waals surface area (Å²) in [4.78, 5) is 2.48. The van der Waals surface area contributed by atoms with Crippen LogP contribution in [0.15, 0.2) is 42.7 Å². The number of aromatic nitrogens is 2. The van der Waals surface area contributed by atoms with Crippen LogP contribution in [0.5, 0.6) is 0 Å². The molecule has 0 saturated heterocycles. The van der Waals surface area contributed by atoms with Crippen LogP contribution in [-0.2, 0) is 0 Å². The average Bonchev–Trinajstić information content (AvgIpc) is 2.98. The monoisotopic (exact) mass is 258 g/mol. The molecule has 0 aliphatic rings. The number of aryl methyl sites for hydroxylation is 1. The third-order valence-electron chi connectivity index (χ3n) is 2.98. The summed E-state index contributed by atoms with van der Waals surface area (Å²) < 4.78 is 1.86. The largest absolute Gasteiger partial charge is 0.271 e. The van der Waals surface area contributed by atoms with Crippen molar-refractivity contribution in [1.82, 2.24) is 15.0 Å². The summed E-state index contributed by atoms with van der Waals surface area (Å²) in [5.41, 5.74) is 5.06. The van der Waals surface area contributed by atoms with Crippen LogP contribution in [0.25, 0.3) is 5.52 Å². The molecule has 0 saturated carbocycles. The lowest BCUT2D eigenvalue weighted by Gasteiger charge is -2.12. The van der Waals surface area contributed by atoms with Crippen LogP contribution in [-0.4, -0.2) is 9.61 Å². The van der Waals surface area contributed by atoms with Crippen molar-refractivity contribution >= 4 is 16.9 Å². The van der Waals surface area contributed by atoms with Gasteiger partial charge in [0.25, 0.3) is 0 Å². The van der Waals surface area contributed by atoms with Gasteiger partial charge < -0.3 is 0 Å². The van der Waals surface area contributed by atoms with Crippen LogP contribution in [0.1, 0.15) is 21.4 Å². The van der Waals surface area contributed by atoms with E-state index in [1.54, 1.807) is 11.3 Å². The first kappa shape index (κ1) is 11.4. The fourth-order valence-corrected chi connectivity index (χ4v) is 3.07. The Hall–Kier alpha value is -1.69. The molecule has 0 amide bonds. The summed E-state index contributed by atoms with van der Waals surface area (Å²) in [5.74, 6) is 5.72. The number of nitrogens with two attached hydrogens (primary N) is 1. The van der Waals surface area contributed by atoms with Gasteiger partial charge in [0.1, 0.15) is 0 Å². The zero-order chi connectivity index (χ0) is 12.5. The highest BCUT2D eigenvalue weighted by molar-refractivity contribution is 7.12. The number of fused-ring (bicyclic) bond motifs is 1. The first-order chi connectivity index (χ1) is 8.79. The van der Waals surface area contributed by atoms with E-state index in [9.17, 15) is 0 Å². The quantitative estimate of drug-likeness (QED) is 0.559. The summed E-state index contributed by atoms with van der Waals surface area (Å²) >= 11 is 1.75. The normalized spacial score (nSPS) is 13.0. The van der Waals surface area contributed by atoms with E-state index in [0.29, 0.717) is 0 Å². The molecule has 0 fully saturated rings. The second-order valence-electron chi connectivity index (χ2n) is 4.18. The topological polar surface area (TPSA) is 55.3 Å². The summed E-state index contributed by atoms with van der Waals surface area (Å²) in [5, 5.41) is 4.35. The van der Waals surface area contributed by atoms with Crippen molar-refractivity contribution in [2.75, 3.05) is 0 Å². The van der Waals surface area contributed by atoms with Gasteiger partial charge in [0.05, 0.1) is 17.8 Å². The zero-order valence-corrected chi connectivity index (χ0v) is 10.8. The Morgan fingerprint density at radius 3 is 2.94 bits per heavy atom. The molecule has 3 aromatic heterocycles. The summed E-state index contributed by atoms with van der Waals surface area (Å²) in [6.07, 6.45) is 3.81. The first-order valence-corrected chi connectivity index (χ1v) is 6.56. The number of nitrogens with zero attached hydrogens (tertiary/aromatic N) is 2. The molecule has 3 heterocycles. The first-order valence-electron chi connectivity index (χ1n) is 5.74. The molecule has 0 radical (unpaired) electrons. The predicted octanol–water partition coefficient (Wildman–Crippen LogP) is 2.26. The zero-order valence-electron chi connectivity index (χ0n) is 10.00. The molecule has 1 unspecified atom stereocenters. The van der Waals surface area contributed by atoms with Gasteiger partial charge in [-0.05, 0) is 31.2 Å². The minimum absolute atomic E-state index is 0.0106. The van der Waals surface area contributed by atoms with Crippen molar-refractivity contribution in [2.24, 2.45) is 5.84 Å². The Labute approximate surface area is 109 Å². The van der Waals surface area contributed by atoms with Gasteiger partial charge in [0.15, 0.2) is 0 Å². The van der Waals surface area contributed by atoms with Crippen LogP contribution in [0.2, 0.25) is 0 Å². The molecule has 4 nitrogen and oxygen atoms in total.